The van der Waals surface area contributed by atoms with Crippen LogP contribution in [0.2, 0.25) is 0 Å². The molecule has 1 aromatic heterocycles. The average molecular weight is 381 g/mol. The molecule has 0 radical (unpaired) electrons. The van der Waals surface area contributed by atoms with Gasteiger partial charge in [-0.2, -0.15) is 5.10 Å². The van der Waals surface area contributed by atoms with E-state index in [1.807, 2.05) is 31.2 Å². The van der Waals surface area contributed by atoms with Gasteiger partial charge in [0.25, 0.3) is 17.3 Å². The van der Waals surface area contributed by atoms with Crippen LogP contribution < -0.4 is 5.32 Å². The fourth-order valence-electron chi connectivity index (χ4n) is 2.62. The standard InChI is InChI=1S/C18H15N5O5/c1-12-4-2-3-5-13(12)10-21-11-15(9-19-21)20-18(24)14-6-16(22(25)26)8-17(7-14)23(27)28/h2-9,11H,10H2,1H3,(H,20,24). The van der Waals surface area contributed by atoms with Crippen LogP contribution in [0.4, 0.5) is 17.1 Å². The second-order valence-electron chi connectivity index (χ2n) is 6.06. The molecule has 10 nitrogen and oxygen atoms in total. The van der Waals surface area contributed by atoms with Gasteiger partial charge in [0.05, 0.1) is 39.9 Å². The van der Waals surface area contributed by atoms with Crippen LogP contribution in [0.1, 0.15) is 21.5 Å². The quantitative estimate of drug-likeness (QED) is 0.514. The van der Waals surface area contributed by atoms with Gasteiger partial charge >= 0.3 is 0 Å². The molecule has 3 rings (SSSR count). The summed E-state index contributed by atoms with van der Waals surface area (Å²) in [5, 5.41) is 28.6. The van der Waals surface area contributed by atoms with Crippen molar-refractivity contribution in [2.45, 2.75) is 13.5 Å². The van der Waals surface area contributed by atoms with Crippen LogP contribution in [-0.2, 0) is 6.54 Å². The number of nitrogens with one attached hydrogen (secondary N) is 1. The summed E-state index contributed by atoms with van der Waals surface area (Å²) in [6, 6.07) is 10.6. The molecule has 2 aromatic carbocycles. The van der Waals surface area contributed by atoms with Crippen LogP contribution in [0, 0.1) is 27.2 Å². The van der Waals surface area contributed by atoms with Gasteiger partial charge in [-0.25, -0.2) is 0 Å². The van der Waals surface area contributed by atoms with Gasteiger partial charge in [-0.05, 0) is 18.1 Å². The number of benzene rings is 2. The number of rotatable bonds is 6. The van der Waals surface area contributed by atoms with Gasteiger partial charge in [-0.1, -0.05) is 24.3 Å². The lowest BCUT2D eigenvalue weighted by Crippen LogP contribution is -2.12. The molecule has 0 bridgehead atoms. The van der Waals surface area contributed by atoms with E-state index in [2.05, 4.69) is 10.4 Å². The largest absolute Gasteiger partial charge is 0.319 e. The van der Waals surface area contributed by atoms with Crippen LogP contribution in [0.5, 0.6) is 0 Å². The highest BCUT2D eigenvalue weighted by atomic mass is 16.6. The Balaban J connectivity index is 1.78. The van der Waals surface area contributed by atoms with Crippen LogP contribution in [0.3, 0.4) is 0 Å². The third kappa shape index (κ3) is 4.18. The Kier molecular flexibility index (Phi) is 5.12. The SMILES string of the molecule is Cc1ccccc1Cn1cc(NC(=O)c2cc([N+](=O)[O-])cc([N+](=O)[O-])c2)cn1. The van der Waals surface area contributed by atoms with Gasteiger partial charge in [0, 0.05) is 18.3 Å². The van der Waals surface area contributed by atoms with Crippen molar-refractivity contribution in [3.8, 4) is 0 Å². The molecule has 0 aliphatic rings. The topological polar surface area (TPSA) is 133 Å². The van der Waals surface area contributed by atoms with Crippen molar-refractivity contribution in [3.63, 3.8) is 0 Å². The van der Waals surface area contributed by atoms with Gasteiger partial charge < -0.3 is 5.32 Å². The number of nitro benzene ring substituents is 2. The van der Waals surface area contributed by atoms with Crippen LogP contribution in [0.15, 0.2) is 54.9 Å². The number of aryl methyl sites for hydroxylation is 1. The molecule has 0 atom stereocenters. The average Bonchev–Trinajstić information content (AvgIpc) is 3.10. The molecule has 1 N–H and O–H groups in total. The van der Waals surface area contributed by atoms with E-state index in [0.29, 0.717) is 12.2 Å². The van der Waals surface area contributed by atoms with E-state index in [9.17, 15) is 25.0 Å². The zero-order valence-electron chi connectivity index (χ0n) is 14.7. The lowest BCUT2D eigenvalue weighted by atomic mass is 10.1. The maximum Gasteiger partial charge on any atom is 0.277 e. The van der Waals surface area contributed by atoms with Crippen molar-refractivity contribution < 1.29 is 14.6 Å². The number of nitrogens with zero attached hydrogens (tertiary/aromatic N) is 4. The van der Waals surface area contributed by atoms with Crippen molar-refractivity contribution in [3.05, 3.63) is 91.8 Å². The highest BCUT2D eigenvalue weighted by molar-refractivity contribution is 6.05. The smallest absolute Gasteiger partial charge is 0.277 e. The molecular formula is C18H15N5O5. The van der Waals surface area contributed by atoms with E-state index in [1.54, 1.807) is 10.9 Å². The van der Waals surface area contributed by atoms with Crippen molar-refractivity contribution in [2.24, 2.45) is 0 Å². The zero-order valence-corrected chi connectivity index (χ0v) is 14.7. The summed E-state index contributed by atoms with van der Waals surface area (Å²) < 4.78 is 1.63. The van der Waals surface area contributed by atoms with Crippen LogP contribution >= 0.6 is 0 Å². The Morgan fingerprint density at radius 1 is 1.11 bits per heavy atom. The summed E-state index contributed by atoms with van der Waals surface area (Å²) in [5.41, 5.74) is 1.29. The molecule has 10 heteroatoms. The number of aromatic nitrogens is 2. The molecular weight excluding hydrogens is 366 g/mol. The van der Waals surface area contributed by atoms with E-state index < -0.39 is 27.1 Å². The van der Waals surface area contributed by atoms with Crippen LogP contribution in [-0.4, -0.2) is 25.5 Å². The normalized spacial score (nSPS) is 10.5. The molecule has 28 heavy (non-hydrogen) atoms. The molecule has 0 saturated heterocycles. The molecule has 0 aliphatic carbocycles. The maximum atomic E-state index is 12.4. The molecule has 0 saturated carbocycles. The van der Waals surface area contributed by atoms with E-state index in [4.69, 9.17) is 0 Å². The van der Waals surface area contributed by atoms with E-state index >= 15 is 0 Å². The Labute approximate surface area is 158 Å². The number of non-ortho nitro benzene ring substituents is 2. The van der Waals surface area contributed by atoms with Gasteiger partial charge in [0.2, 0.25) is 0 Å². The minimum absolute atomic E-state index is 0.187. The summed E-state index contributed by atoms with van der Waals surface area (Å²) >= 11 is 0. The monoisotopic (exact) mass is 381 g/mol. The second kappa shape index (κ2) is 7.66. The third-order valence-electron chi connectivity index (χ3n) is 4.07. The molecule has 3 aromatic rings. The first-order valence-corrected chi connectivity index (χ1v) is 8.15. The predicted octanol–water partition coefficient (Wildman–Crippen LogP) is 3.31. The fraction of sp³-hybridized carbons (Fsp3) is 0.111. The van der Waals surface area contributed by atoms with Gasteiger partial charge in [-0.3, -0.25) is 29.7 Å². The lowest BCUT2D eigenvalue weighted by molar-refractivity contribution is -0.394. The maximum absolute atomic E-state index is 12.4. The predicted molar refractivity (Wildman–Crippen MR) is 100 cm³/mol. The highest BCUT2D eigenvalue weighted by Gasteiger charge is 2.20. The molecule has 142 valence electrons. The van der Waals surface area contributed by atoms with Crippen molar-refractivity contribution in [1.82, 2.24) is 9.78 Å². The molecule has 0 unspecified atom stereocenters. The Hall–Kier alpha value is -4.08. The first kappa shape index (κ1) is 18.7. The summed E-state index contributed by atoms with van der Waals surface area (Å²) in [7, 11) is 0. The zero-order chi connectivity index (χ0) is 20.3. The molecule has 0 aliphatic heterocycles. The van der Waals surface area contributed by atoms with Crippen LogP contribution in [0.25, 0.3) is 0 Å². The number of carbonyl (C=O) groups is 1. The third-order valence-corrected chi connectivity index (χ3v) is 4.07. The number of hydrogen-bond acceptors (Lipinski definition) is 6. The van der Waals surface area contributed by atoms with E-state index in [-0.39, 0.29) is 5.56 Å². The summed E-state index contributed by atoms with van der Waals surface area (Å²) in [6.07, 6.45) is 3.04. The van der Waals surface area contributed by atoms with E-state index in [1.165, 1.54) is 6.20 Å². The number of carbonyl (C=O) groups excluding carboxylic acids is 1. The minimum Gasteiger partial charge on any atom is -0.319 e. The number of hydrogen-bond donors (Lipinski definition) is 1. The second-order valence-corrected chi connectivity index (χ2v) is 6.06. The number of anilines is 1. The summed E-state index contributed by atoms with van der Waals surface area (Å²) in [5.74, 6) is -0.706. The first-order chi connectivity index (χ1) is 13.3. The summed E-state index contributed by atoms with van der Waals surface area (Å²) in [4.78, 5) is 32.7. The van der Waals surface area contributed by atoms with Crippen molar-refractivity contribution >= 4 is 23.0 Å². The fourth-order valence-corrected chi connectivity index (χ4v) is 2.62. The Morgan fingerprint density at radius 3 is 2.36 bits per heavy atom. The minimum atomic E-state index is -0.788. The van der Waals surface area contributed by atoms with Crippen molar-refractivity contribution in [1.29, 1.82) is 0 Å². The number of amides is 1. The van der Waals surface area contributed by atoms with Gasteiger partial charge in [-0.15, -0.1) is 0 Å². The molecule has 0 fully saturated rings. The lowest BCUT2D eigenvalue weighted by Gasteiger charge is -2.05. The molecule has 1 amide bonds. The summed E-state index contributed by atoms with van der Waals surface area (Å²) in [6.45, 7) is 2.49. The highest BCUT2D eigenvalue weighted by Crippen LogP contribution is 2.23. The Morgan fingerprint density at radius 2 is 1.75 bits per heavy atom. The molecule has 0 spiro atoms. The molecule has 1 heterocycles. The van der Waals surface area contributed by atoms with Gasteiger partial charge in [0.1, 0.15) is 0 Å². The van der Waals surface area contributed by atoms with Crippen molar-refractivity contribution in [2.75, 3.05) is 5.32 Å². The van der Waals surface area contributed by atoms with E-state index in [0.717, 1.165) is 29.3 Å². The van der Waals surface area contributed by atoms with Gasteiger partial charge in [0.15, 0.2) is 0 Å². The Bertz CT molecular complexity index is 1040. The first-order valence-electron chi connectivity index (χ1n) is 8.15. The number of nitro groups is 2.